The quantitative estimate of drug-likeness (QED) is 0.768. The molecule has 3 fully saturated rings. The van der Waals surface area contributed by atoms with Crippen molar-refractivity contribution in [1.29, 1.82) is 0 Å². The van der Waals surface area contributed by atoms with Crippen LogP contribution in [0.4, 0.5) is 0 Å². The first-order valence-corrected chi connectivity index (χ1v) is 9.16. The van der Waals surface area contributed by atoms with Gasteiger partial charge in [0.05, 0.1) is 13.2 Å². The molecule has 1 aromatic rings. The van der Waals surface area contributed by atoms with Crippen LogP contribution in [0.2, 0.25) is 0 Å². The van der Waals surface area contributed by atoms with Crippen LogP contribution in [-0.4, -0.2) is 51.0 Å². The summed E-state index contributed by atoms with van der Waals surface area (Å²) in [5.41, 5.74) is 0.965. The number of ether oxygens (including phenoxy) is 4. The van der Waals surface area contributed by atoms with Crippen LogP contribution >= 0.6 is 8.60 Å². The van der Waals surface area contributed by atoms with E-state index in [2.05, 4.69) is 0 Å². The van der Waals surface area contributed by atoms with Gasteiger partial charge in [-0.15, -0.1) is 0 Å². The van der Waals surface area contributed by atoms with Crippen LogP contribution < -0.4 is 0 Å². The molecule has 0 aliphatic carbocycles. The molecule has 3 aliphatic heterocycles. The molecule has 0 N–H and O–H groups in total. The summed E-state index contributed by atoms with van der Waals surface area (Å²) in [6.07, 6.45) is -2.21. The zero-order chi connectivity index (χ0) is 16.5. The normalized spacial score (nSPS) is 41.7. The maximum Gasteiger partial charge on any atom is 0.333 e. The molecule has 0 bridgehead atoms. The summed E-state index contributed by atoms with van der Waals surface area (Å²) in [5.74, 6) is 0. The fourth-order valence-electron chi connectivity index (χ4n) is 3.14. The van der Waals surface area contributed by atoms with Gasteiger partial charge in [-0.05, 0) is 6.92 Å². The van der Waals surface area contributed by atoms with Crippen LogP contribution in [-0.2, 0) is 32.5 Å². The standard InChI is InChI=1S/C16H21O7P/c1-3-19-24-22-13-12-11(20-16(17-2)14(13)23-24)9-18-15(21-12)10-7-5-4-6-8-10/h4-8,11-16H,3,9H2,1-2H3/t11-,12-,13+,14+,15-,16+,24?/m1/s1. The Kier molecular flexibility index (Phi) is 5.13. The Labute approximate surface area is 142 Å². The van der Waals surface area contributed by atoms with Gasteiger partial charge in [0.25, 0.3) is 0 Å². The summed E-state index contributed by atoms with van der Waals surface area (Å²) in [5, 5.41) is 0. The van der Waals surface area contributed by atoms with Crippen molar-refractivity contribution < 1.29 is 32.5 Å². The predicted molar refractivity (Wildman–Crippen MR) is 84.0 cm³/mol. The van der Waals surface area contributed by atoms with E-state index >= 15 is 0 Å². The highest BCUT2D eigenvalue weighted by Crippen LogP contribution is 2.54. The van der Waals surface area contributed by atoms with E-state index in [0.717, 1.165) is 5.56 Å². The fraction of sp³-hybridized carbons (Fsp3) is 0.625. The van der Waals surface area contributed by atoms with Crippen molar-refractivity contribution >= 4 is 8.60 Å². The first-order valence-electron chi connectivity index (χ1n) is 8.07. The predicted octanol–water partition coefficient (Wildman–Crippen LogP) is 2.52. The molecule has 7 atom stereocenters. The Balaban J connectivity index is 1.52. The number of hydrogen-bond donors (Lipinski definition) is 0. The molecular weight excluding hydrogens is 335 g/mol. The lowest BCUT2D eigenvalue weighted by molar-refractivity contribution is -0.343. The zero-order valence-electron chi connectivity index (χ0n) is 13.6. The van der Waals surface area contributed by atoms with Gasteiger partial charge in [0.15, 0.2) is 12.6 Å². The van der Waals surface area contributed by atoms with Gasteiger partial charge in [-0.3, -0.25) is 0 Å². The monoisotopic (exact) mass is 356 g/mol. The van der Waals surface area contributed by atoms with Crippen molar-refractivity contribution in [3.63, 3.8) is 0 Å². The highest BCUT2D eigenvalue weighted by molar-refractivity contribution is 7.42. The van der Waals surface area contributed by atoms with Crippen LogP contribution in [0.15, 0.2) is 30.3 Å². The van der Waals surface area contributed by atoms with Gasteiger partial charge in [-0.2, -0.15) is 0 Å². The van der Waals surface area contributed by atoms with E-state index in [0.29, 0.717) is 13.2 Å². The second kappa shape index (κ2) is 7.32. The van der Waals surface area contributed by atoms with Crippen molar-refractivity contribution in [3.05, 3.63) is 35.9 Å². The molecule has 1 aromatic carbocycles. The van der Waals surface area contributed by atoms with E-state index in [1.54, 1.807) is 7.11 Å². The molecule has 7 nitrogen and oxygen atoms in total. The lowest BCUT2D eigenvalue weighted by Crippen LogP contribution is -2.61. The summed E-state index contributed by atoms with van der Waals surface area (Å²) in [4.78, 5) is 0. The molecule has 0 amide bonds. The average Bonchev–Trinajstić information content (AvgIpc) is 3.06. The molecule has 3 heterocycles. The van der Waals surface area contributed by atoms with Crippen molar-refractivity contribution in [2.24, 2.45) is 0 Å². The molecule has 132 valence electrons. The van der Waals surface area contributed by atoms with Crippen LogP contribution in [0, 0.1) is 0 Å². The Morgan fingerprint density at radius 2 is 1.88 bits per heavy atom. The van der Waals surface area contributed by atoms with E-state index in [1.165, 1.54) is 0 Å². The largest absolute Gasteiger partial charge is 0.353 e. The minimum atomic E-state index is -1.41. The van der Waals surface area contributed by atoms with Gasteiger partial charge in [-0.25, -0.2) is 0 Å². The van der Waals surface area contributed by atoms with Gasteiger partial charge >= 0.3 is 8.60 Å². The van der Waals surface area contributed by atoms with E-state index in [1.807, 2.05) is 37.3 Å². The van der Waals surface area contributed by atoms with Crippen LogP contribution in [0.5, 0.6) is 0 Å². The number of benzene rings is 1. The molecule has 3 saturated heterocycles. The first kappa shape index (κ1) is 16.8. The van der Waals surface area contributed by atoms with Crippen LogP contribution in [0.1, 0.15) is 18.8 Å². The minimum absolute atomic E-state index is 0.267. The summed E-state index contributed by atoms with van der Waals surface area (Å²) >= 11 is 0. The van der Waals surface area contributed by atoms with Gasteiger partial charge < -0.3 is 32.5 Å². The summed E-state index contributed by atoms with van der Waals surface area (Å²) in [6, 6.07) is 9.82. The smallest absolute Gasteiger partial charge is 0.333 e. The SMILES string of the molecule is CCOP1O[C@@H]2[C@H](O1)[C@@H](OC)O[C@@H]1CO[C@@H](c3ccccc3)O[C@@H]21. The number of methoxy groups -OCH3 is 1. The van der Waals surface area contributed by atoms with Crippen molar-refractivity contribution in [2.45, 2.75) is 43.9 Å². The highest BCUT2D eigenvalue weighted by Gasteiger charge is 2.57. The third kappa shape index (κ3) is 3.11. The van der Waals surface area contributed by atoms with E-state index in [4.69, 9.17) is 32.5 Å². The van der Waals surface area contributed by atoms with E-state index in [-0.39, 0.29) is 24.4 Å². The Bertz CT molecular complexity index is 544. The van der Waals surface area contributed by atoms with Crippen LogP contribution in [0.25, 0.3) is 0 Å². The summed E-state index contributed by atoms with van der Waals surface area (Å²) < 4.78 is 40.7. The van der Waals surface area contributed by atoms with E-state index in [9.17, 15) is 0 Å². The molecular formula is C16H21O7P. The molecule has 0 aromatic heterocycles. The minimum Gasteiger partial charge on any atom is -0.353 e. The Morgan fingerprint density at radius 3 is 2.62 bits per heavy atom. The molecule has 4 rings (SSSR count). The second-order valence-corrected chi connectivity index (χ2v) is 6.86. The van der Waals surface area contributed by atoms with Crippen molar-refractivity contribution in [3.8, 4) is 0 Å². The third-order valence-corrected chi connectivity index (χ3v) is 5.54. The van der Waals surface area contributed by atoms with Gasteiger partial charge in [0, 0.05) is 12.7 Å². The molecule has 24 heavy (non-hydrogen) atoms. The topological polar surface area (TPSA) is 64.6 Å². The Hall–Kier alpha value is -0.630. The lowest BCUT2D eigenvalue weighted by atomic mass is 9.98. The second-order valence-electron chi connectivity index (χ2n) is 5.74. The molecule has 0 saturated carbocycles. The third-order valence-electron chi connectivity index (χ3n) is 4.24. The zero-order valence-corrected chi connectivity index (χ0v) is 14.5. The summed E-state index contributed by atoms with van der Waals surface area (Å²) in [6.45, 7) is 2.83. The van der Waals surface area contributed by atoms with E-state index < -0.39 is 21.2 Å². The molecule has 3 aliphatic rings. The van der Waals surface area contributed by atoms with Gasteiger partial charge in [-0.1, -0.05) is 30.3 Å². The van der Waals surface area contributed by atoms with Crippen LogP contribution in [0.3, 0.4) is 0 Å². The maximum atomic E-state index is 6.16. The number of hydrogen-bond acceptors (Lipinski definition) is 7. The molecule has 1 unspecified atom stereocenters. The van der Waals surface area contributed by atoms with Gasteiger partial charge in [0.2, 0.25) is 0 Å². The molecule has 8 heteroatoms. The fourth-order valence-corrected chi connectivity index (χ4v) is 4.38. The molecule has 0 spiro atoms. The summed E-state index contributed by atoms with van der Waals surface area (Å²) in [7, 11) is 0.178. The number of fused-ring (bicyclic) bond motifs is 3. The Morgan fingerprint density at radius 1 is 1.08 bits per heavy atom. The first-order chi connectivity index (χ1) is 11.8. The molecule has 0 radical (unpaired) electrons. The van der Waals surface area contributed by atoms with Gasteiger partial charge in [0.1, 0.15) is 24.4 Å². The van der Waals surface area contributed by atoms with Crippen molar-refractivity contribution in [2.75, 3.05) is 20.3 Å². The highest BCUT2D eigenvalue weighted by atomic mass is 31.2. The average molecular weight is 356 g/mol. The maximum absolute atomic E-state index is 6.16. The lowest BCUT2D eigenvalue weighted by Gasteiger charge is -2.45. The number of rotatable bonds is 4. The van der Waals surface area contributed by atoms with Crippen molar-refractivity contribution in [1.82, 2.24) is 0 Å².